The van der Waals surface area contributed by atoms with Crippen LogP contribution in [0.5, 0.6) is 0 Å². The average Bonchev–Trinajstić information content (AvgIpc) is 3.88. The summed E-state index contributed by atoms with van der Waals surface area (Å²) in [6.07, 6.45) is 20.1. The van der Waals surface area contributed by atoms with Gasteiger partial charge in [-0.1, -0.05) is 201 Å². The van der Waals surface area contributed by atoms with Crippen LogP contribution < -0.4 is 16.0 Å². The van der Waals surface area contributed by atoms with Gasteiger partial charge in [-0.25, -0.2) is 0 Å². The third-order valence-corrected chi connectivity index (χ3v) is 11.7. The number of hydrogen-bond acceptors (Lipinski definition) is 3. The summed E-state index contributed by atoms with van der Waals surface area (Å²) < 4.78 is 12.2. The Bertz CT molecular complexity index is 3250. The molecule has 0 unspecified atom stereocenters. The number of hydrogen-bond donors (Lipinski definition) is 1. The highest BCUT2D eigenvalue weighted by Gasteiger charge is 2.17. The number of furan rings is 2. The number of para-hydroxylation sites is 2. The van der Waals surface area contributed by atoms with E-state index < -0.39 is 0 Å². The van der Waals surface area contributed by atoms with E-state index in [1.165, 1.54) is 38.8 Å². The maximum absolute atomic E-state index is 6.39. The lowest BCUT2D eigenvalue weighted by Crippen LogP contribution is -2.17. The van der Waals surface area contributed by atoms with Crippen molar-refractivity contribution in [1.29, 1.82) is 0 Å². The number of aryl methyl sites for hydroxylation is 1. The molecule has 298 valence electrons. The Morgan fingerprint density at radius 3 is 2.06 bits per heavy atom. The first-order valence-electron chi connectivity index (χ1n) is 21.3. The summed E-state index contributed by atoms with van der Waals surface area (Å²) in [5, 5.41) is 6.86. The van der Waals surface area contributed by atoms with E-state index in [9.17, 15) is 0 Å². The fraction of sp³-hybridized carbons (Fsp3) is 0.0508. The number of nitrogens with one attached hydrogen (secondary N) is 1. The Labute approximate surface area is 362 Å². The highest BCUT2D eigenvalue weighted by Crippen LogP contribution is 2.37. The summed E-state index contributed by atoms with van der Waals surface area (Å²) in [7, 11) is 0. The smallest absolute Gasteiger partial charge is 0.142 e. The monoisotopic (exact) mass is 799 g/mol. The van der Waals surface area contributed by atoms with Gasteiger partial charge in [0, 0.05) is 45.4 Å². The first-order chi connectivity index (χ1) is 30.6. The maximum atomic E-state index is 6.39. The zero-order valence-electron chi connectivity index (χ0n) is 34.4. The van der Waals surface area contributed by atoms with E-state index in [-0.39, 0.29) is 0 Å². The van der Waals surface area contributed by atoms with Crippen LogP contribution in [0.1, 0.15) is 34.4 Å². The Morgan fingerprint density at radius 1 is 0.629 bits per heavy atom. The van der Waals surface area contributed by atoms with Crippen LogP contribution in [0.3, 0.4) is 0 Å². The van der Waals surface area contributed by atoms with Crippen molar-refractivity contribution in [2.45, 2.75) is 19.3 Å². The summed E-state index contributed by atoms with van der Waals surface area (Å²) in [6.45, 7) is 4.07. The molecule has 1 N–H and O–H groups in total. The van der Waals surface area contributed by atoms with Gasteiger partial charge in [0.2, 0.25) is 0 Å². The normalized spacial score (nSPS) is 13.2. The van der Waals surface area contributed by atoms with Crippen LogP contribution in [0.15, 0.2) is 209 Å². The van der Waals surface area contributed by atoms with Crippen molar-refractivity contribution in [2.75, 3.05) is 5.32 Å². The van der Waals surface area contributed by atoms with Crippen molar-refractivity contribution in [1.82, 2.24) is 0 Å². The molecule has 0 bridgehead atoms. The molecular formula is C59H45NO2. The van der Waals surface area contributed by atoms with Gasteiger partial charge in [-0.05, 0) is 81.1 Å². The Morgan fingerprint density at radius 2 is 1.29 bits per heavy atom. The highest BCUT2D eigenvalue weighted by atomic mass is 16.3. The lowest BCUT2D eigenvalue weighted by molar-refractivity contribution is 0.547. The Hall–Kier alpha value is -7.88. The van der Waals surface area contributed by atoms with Gasteiger partial charge < -0.3 is 14.2 Å². The lowest BCUT2D eigenvalue weighted by Gasteiger charge is -2.08. The molecule has 7 aromatic carbocycles. The molecule has 3 heteroatoms. The highest BCUT2D eigenvalue weighted by molar-refractivity contribution is 5.98. The third-order valence-electron chi connectivity index (χ3n) is 11.7. The van der Waals surface area contributed by atoms with Crippen LogP contribution in [0.2, 0.25) is 0 Å². The van der Waals surface area contributed by atoms with Crippen LogP contribution in [-0.2, 0) is 12.8 Å². The van der Waals surface area contributed by atoms with Crippen molar-refractivity contribution in [3.63, 3.8) is 0 Å². The minimum absolute atomic E-state index is 0.693. The quantitative estimate of drug-likeness (QED) is 0.132. The summed E-state index contributed by atoms with van der Waals surface area (Å²) in [5.41, 5.74) is 16.4. The standard InChI is InChI=1S/C59H45NO2/c1-41-52(54-16-7-9-20-57(54)61-41)15-6-5-12-42-22-27-46(28-23-42)48-36-38-51(39-37-48)60-40-50(44-13-3-2-4-14-44)31-26-43-24-29-45(30-25-43)47-32-34-49(35-33-47)53-18-11-19-56-55-17-8-10-21-58(55)62-59(53)56/h2-9,11,13-20,22-40,60H,1,10,12,21H2/b6-5-,31-26-,50-40+,52-15+. The van der Waals surface area contributed by atoms with Crippen LogP contribution in [-0.4, -0.2) is 0 Å². The zero-order valence-corrected chi connectivity index (χ0v) is 34.4. The molecule has 9 aromatic rings. The van der Waals surface area contributed by atoms with Gasteiger partial charge in [-0.2, -0.15) is 0 Å². The lowest BCUT2D eigenvalue weighted by atomic mass is 9.97. The molecule has 2 aromatic heterocycles. The largest absolute Gasteiger partial charge is 0.460 e. The Balaban J connectivity index is 0.789. The van der Waals surface area contributed by atoms with Crippen LogP contribution in [0.4, 0.5) is 5.69 Å². The fourth-order valence-electron chi connectivity index (χ4n) is 8.29. The molecule has 0 amide bonds. The second-order valence-electron chi connectivity index (χ2n) is 15.7. The molecule has 0 aliphatic heterocycles. The van der Waals surface area contributed by atoms with E-state index in [1.54, 1.807) is 0 Å². The first kappa shape index (κ1) is 38.3. The number of benzene rings is 7. The minimum Gasteiger partial charge on any atom is -0.460 e. The molecule has 2 heterocycles. The molecule has 0 radical (unpaired) electrons. The second-order valence-corrected chi connectivity index (χ2v) is 15.7. The summed E-state index contributed by atoms with van der Waals surface area (Å²) in [5.74, 6) is 1.09. The summed E-state index contributed by atoms with van der Waals surface area (Å²) in [4.78, 5) is 0. The van der Waals surface area contributed by atoms with E-state index in [0.717, 1.165) is 80.3 Å². The topological polar surface area (TPSA) is 38.3 Å². The van der Waals surface area contributed by atoms with Crippen LogP contribution >= 0.6 is 0 Å². The fourth-order valence-corrected chi connectivity index (χ4v) is 8.29. The molecule has 62 heavy (non-hydrogen) atoms. The van der Waals surface area contributed by atoms with Gasteiger partial charge >= 0.3 is 0 Å². The third kappa shape index (κ3) is 8.17. The molecule has 0 fully saturated rings. The van der Waals surface area contributed by atoms with E-state index >= 15 is 0 Å². The molecule has 3 nitrogen and oxygen atoms in total. The molecule has 1 aliphatic carbocycles. The van der Waals surface area contributed by atoms with Crippen molar-refractivity contribution in [2.24, 2.45) is 0 Å². The minimum atomic E-state index is 0.693. The number of fused-ring (bicyclic) bond motifs is 4. The molecule has 0 atom stereocenters. The van der Waals surface area contributed by atoms with Crippen molar-refractivity contribution < 1.29 is 8.83 Å². The van der Waals surface area contributed by atoms with Gasteiger partial charge in [0.05, 0.1) is 0 Å². The van der Waals surface area contributed by atoms with Crippen LogP contribution in [0.25, 0.3) is 85.7 Å². The summed E-state index contributed by atoms with van der Waals surface area (Å²) in [6, 6.07) is 60.0. The number of rotatable bonds is 11. The number of anilines is 1. The molecule has 1 aliphatic rings. The second kappa shape index (κ2) is 17.4. The van der Waals surface area contributed by atoms with Gasteiger partial charge in [0.15, 0.2) is 0 Å². The molecule has 0 saturated heterocycles. The van der Waals surface area contributed by atoms with Gasteiger partial charge in [0.1, 0.15) is 22.3 Å². The first-order valence-corrected chi connectivity index (χ1v) is 21.3. The van der Waals surface area contributed by atoms with E-state index in [2.05, 4.69) is 212 Å². The van der Waals surface area contributed by atoms with E-state index in [0.29, 0.717) is 5.42 Å². The summed E-state index contributed by atoms with van der Waals surface area (Å²) >= 11 is 0. The zero-order chi connectivity index (χ0) is 41.7. The van der Waals surface area contributed by atoms with Gasteiger partial charge in [-0.15, -0.1) is 0 Å². The molecule has 0 spiro atoms. The number of allylic oxidation sites excluding steroid dienone is 5. The average molecular weight is 800 g/mol. The molecule has 0 saturated carbocycles. The maximum Gasteiger partial charge on any atom is 0.142 e. The van der Waals surface area contributed by atoms with Crippen molar-refractivity contribution in [3.05, 3.63) is 239 Å². The molecular weight excluding hydrogens is 755 g/mol. The van der Waals surface area contributed by atoms with E-state index in [1.807, 2.05) is 18.2 Å². The van der Waals surface area contributed by atoms with Crippen LogP contribution in [0, 0.1) is 0 Å². The van der Waals surface area contributed by atoms with Gasteiger partial charge in [0.25, 0.3) is 0 Å². The SMILES string of the molecule is C=c1oc2ccccc2/c1=C/C=C\Cc1ccc(-c2ccc(N/C=C(\C=C/c3ccc(-c4ccc(-c5cccc6c7c(oc56)CCC=C7)cc4)cc3)c3ccccc3)cc2)cc1. The molecule has 10 rings (SSSR count). The van der Waals surface area contributed by atoms with Gasteiger partial charge in [-0.3, -0.25) is 0 Å². The van der Waals surface area contributed by atoms with Crippen molar-refractivity contribution in [3.8, 4) is 33.4 Å². The predicted octanol–water partition coefficient (Wildman–Crippen LogP) is 14.3. The van der Waals surface area contributed by atoms with E-state index in [4.69, 9.17) is 8.83 Å². The predicted molar refractivity (Wildman–Crippen MR) is 262 cm³/mol. The Kier molecular flexibility index (Phi) is 10.7. The van der Waals surface area contributed by atoms with Crippen molar-refractivity contribution >= 4 is 58.0 Å².